The zero-order valence-electron chi connectivity index (χ0n) is 9.47. The lowest BCUT2D eigenvalue weighted by molar-refractivity contribution is -0.141. The van der Waals surface area contributed by atoms with Crippen LogP contribution in [0.15, 0.2) is 24.3 Å². The van der Waals surface area contributed by atoms with Gasteiger partial charge in [0, 0.05) is 26.2 Å². The molecule has 0 spiro atoms. The first kappa shape index (κ1) is 14.4. The molecular weight excluding hydrogens is 210 g/mol. The molecule has 90 valence electrons. The SMILES string of the molecule is CC=CC=CC(=O)NC(CCOC)C(=O)O. The number of carboxylic acids is 1. The molecular formula is C11H17NO4. The van der Waals surface area contributed by atoms with Gasteiger partial charge in [-0.05, 0) is 6.92 Å². The van der Waals surface area contributed by atoms with Gasteiger partial charge in [0.15, 0.2) is 0 Å². The smallest absolute Gasteiger partial charge is 0.326 e. The second-order valence-corrected chi connectivity index (χ2v) is 3.07. The van der Waals surface area contributed by atoms with E-state index in [-0.39, 0.29) is 13.0 Å². The Labute approximate surface area is 94.8 Å². The van der Waals surface area contributed by atoms with Crippen LogP contribution in [-0.4, -0.2) is 36.7 Å². The van der Waals surface area contributed by atoms with Crippen LogP contribution >= 0.6 is 0 Å². The molecule has 2 N–H and O–H groups in total. The zero-order valence-corrected chi connectivity index (χ0v) is 9.47. The van der Waals surface area contributed by atoms with Gasteiger partial charge in [-0.3, -0.25) is 4.79 Å². The normalized spacial score (nSPS) is 13.1. The largest absolute Gasteiger partial charge is 0.480 e. The molecule has 1 amide bonds. The number of hydrogen-bond donors (Lipinski definition) is 2. The maximum atomic E-state index is 11.3. The zero-order chi connectivity index (χ0) is 12.4. The van der Waals surface area contributed by atoms with Crippen LogP contribution in [0.5, 0.6) is 0 Å². The maximum absolute atomic E-state index is 11.3. The summed E-state index contributed by atoms with van der Waals surface area (Å²) < 4.78 is 4.76. The molecule has 16 heavy (non-hydrogen) atoms. The summed E-state index contributed by atoms with van der Waals surface area (Å²) >= 11 is 0. The molecule has 1 atom stereocenters. The van der Waals surface area contributed by atoms with Crippen molar-refractivity contribution in [3.05, 3.63) is 24.3 Å². The number of allylic oxidation sites excluding steroid dienone is 3. The maximum Gasteiger partial charge on any atom is 0.326 e. The molecule has 0 bridgehead atoms. The van der Waals surface area contributed by atoms with Crippen LogP contribution in [0.4, 0.5) is 0 Å². The second-order valence-electron chi connectivity index (χ2n) is 3.07. The summed E-state index contributed by atoms with van der Waals surface area (Å²) in [6.45, 7) is 2.11. The summed E-state index contributed by atoms with van der Waals surface area (Å²) in [7, 11) is 1.48. The Hall–Kier alpha value is -1.62. The number of rotatable bonds is 7. The Balaban J connectivity index is 4.17. The number of amides is 1. The van der Waals surface area contributed by atoms with E-state index in [4.69, 9.17) is 9.84 Å². The lowest BCUT2D eigenvalue weighted by Crippen LogP contribution is -2.40. The Bertz CT molecular complexity index is 284. The highest BCUT2D eigenvalue weighted by atomic mass is 16.5. The molecule has 0 aromatic rings. The van der Waals surface area contributed by atoms with Crippen molar-refractivity contribution in [1.29, 1.82) is 0 Å². The first-order valence-electron chi connectivity index (χ1n) is 4.93. The Morgan fingerprint density at radius 1 is 1.44 bits per heavy atom. The van der Waals surface area contributed by atoms with E-state index in [1.54, 1.807) is 18.2 Å². The molecule has 0 aliphatic carbocycles. The number of methoxy groups -OCH3 is 1. The number of carbonyl (C=O) groups excluding carboxylic acids is 1. The average molecular weight is 227 g/mol. The lowest BCUT2D eigenvalue weighted by atomic mass is 10.2. The van der Waals surface area contributed by atoms with E-state index in [1.807, 2.05) is 6.92 Å². The van der Waals surface area contributed by atoms with Crippen molar-refractivity contribution < 1.29 is 19.4 Å². The third kappa shape index (κ3) is 6.78. The van der Waals surface area contributed by atoms with Gasteiger partial charge in [-0.15, -0.1) is 0 Å². The van der Waals surface area contributed by atoms with Gasteiger partial charge < -0.3 is 15.2 Å². The highest BCUT2D eigenvalue weighted by molar-refractivity contribution is 5.91. The van der Waals surface area contributed by atoms with E-state index in [1.165, 1.54) is 13.2 Å². The molecule has 0 aromatic heterocycles. The predicted molar refractivity (Wildman–Crippen MR) is 60.0 cm³/mol. The fourth-order valence-corrected chi connectivity index (χ4v) is 0.967. The molecule has 0 radical (unpaired) electrons. The van der Waals surface area contributed by atoms with Crippen molar-refractivity contribution in [3.63, 3.8) is 0 Å². The lowest BCUT2D eigenvalue weighted by Gasteiger charge is -2.12. The highest BCUT2D eigenvalue weighted by Gasteiger charge is 2.17. The third-order valence-electron chi connectivity index (χ3n) is 1.78. The molecule has 0 fully saturated rings. The van der Waals surface area contributed by atoms with E-state index in [0.717, 1.165) is 0 Å². The third-order valence-corrected chi connectivity index (χ3v) is 1.78. The van der Waals surface area contributed by atoms with E-state index >= 15 is 0 Å². The van der Waals surface area contributed by atoms with Gasteiger partial charge >= 0.3 is 5.97 Å². The molecule has 0 aromatic carbocycles. The number of carboxylic acid groups (broad SMARTS) is 1. The second kappa shape index (κ2) is 8.67. The van der Waals surface area contributed by atoms with Crippen molar-refractivity contribution in [3.8, 4) is 0 Å². The molecule has 0 saturated carbocycles. The van der Waals surface area contributed by atoms with E-state index < -0.39 is 17.9 Å². The molecule has 0 heterocycles. The topological polar surface area (TPSA) is 75.6 Å². The van der Waals surface area contributed by atoms with Crippen LogP contribution in [0.2, 0.25) is 0 Å². The van der Waals surface area contributed by atoms with Crippen LogP contribution in [0.25, 0.3) is 0 Å². The number of hydrogen-bond acceptors (Lipinski definition) is 3. The van der Waals surface area contributed by atoms with Crippen molar-refractivity contribution in [2.45, 2.75) is 19.4 Å². The Kier molecular flexibility index (Phi) is 7.79. The molecule has 5 nitrogen and oxygen atoms in total. The summed E-state index contributed by atoms with van der Waals surface area (Å²) in [5.74, 6) is -1.49. The first-order chi connectivity index (χ1) is 7.61. The van der Waals surface area contributed by atoms with Crippen LogP contribution in [0.3, 0.4) is 0 Å². The minimum Gasteiger partial charge on any atom is -0.480 e. The summed E-state index contributed by atoms with van der Waals surface area (Å²) in [5.41, 5.74) is 0. The first-order valence-corrected chi connectivity index (χ1v) is 4.93. The fraction of sp³-hybridized carbons (Fsp3) is 0.455. The molecule has 0 rings (SSSR count). The average Bonchev–Trinajstić information content (AvgIpc) is 2.24. The number of carbonyl (C=O) groups is 2. The molecule has 0 saturated heterocycles. The summed E-state index contributed by atoms with van der Waals surface area (Å²) in [6, 6.07) is -0.914. The van der Waals surface area contributed by atoms with Gasteiger partial charge in [0.05, 0.1) is 0 Å². The van der Waals surface area contributed by atoms with Crippen LogP contribution in [0.1, 0.15) is 13.3 Å². The number of ether oxygens (including phenoxy) is 1. The van der Waals surface area contributed by atoms with E-state index in [2.05, 4.69) is 5.32 Å². The Morgan fingerprint density at radius 3 is 2.62 bits per heavy atom. The fourth-order valence-electron chi connectivity index (χ4n) is 0.967. The standard InChI is InChI=1S/C11H17NO4/c1-3-4-5-6-10(13)12-9(11(14)15)7-8-16-2/h3-6,9H,7-8H2,1-2H3,(H,12,13)(H,14,15). The summed E-state index contributed by atoms with van der Waals surface area (Å²) in [4.78, 5) is 22.0. The summed E-state index contributed by atoms with van der Waals surface area (Å²) in [5, 5.41) is 11.2. The van der Waals surface area contributed by atoms with Crippen LogP contribution in [-0.2, 0) is 14.3 Å². The van der Waals surface area contributed by atoms with E-state index in [0.29, 0.717) is 0 Å². The molecule has 5 heteroatoms. The van der Waals surface area contributed by atoms with Gasteiger partial charge in [0.1, 0.15) is 6.04 Å². The van der Waals surface area contributed by atoms with Crippen LogP contribution in [0, 0.1) is 0 Å². The molecule has 0 aliphatic rings. The minimum absolute atomic E-state index is 0.245. The Morgan fingerprint density at radius 2 is 2.12 bits per heavy atom. The van der Waals surface area contributed by atoms with Gasteiger partial charge in [-0.25, -0.2) is 4.79 Å². The number of nitrogens with one attached hydrogen (secondary N) is 1. The van der Waals surface area contributed by atoms with Gasteiger partial charge in [-0.1, -0.05) is 18.2 Å². The van der Waals surface area contributed by atoms with Gasteiger partial charge in [-0.2, -0.15) is 0 Å². The molecule has 1 unspecified atom stereocenters. The van der Waals surface area contributed by atoms with Crippen molar-refractivity contribution in [2.24, 2.45) is 0 Å². The van der Waals surface area contributed by atoms with Crippen molar-refractivity contribution in [2.75, 3.05) is 13.7 Å². The van der Waals surface area contributed by atoms with Crippen molar-refractivity contribution in [1.82, 2.24) is 5.32 Å². The monoisotopic (exact) mass is 227 g/mol. The summed E-state index contributed by atoms with van der Waals surface area (Å²) in [6.07, 6.45) is 6.52. The van der Waals surface area contributed by atoms with Gasteiger partial charge in [0.25, 0.3) is 0 Å². The van der Waals surface area contributed by atoms with Crippen LogP contribution < -0.4 is 5.32 Å². The predicted octanol–water partition coefficient (Wildman–Crippen LogP) is 0.725. The van der Waals surface area contributed by atoms with E-state index in [9.17, 15) is 9.59 Å². The number of aliphatic carboxylic acids is 1. The highest BCUT2D eigenvalue weighted by Crippen LogP contribution is 1.93. The van der Waals surface area contributed by atoms with Gasteiger partial charge in [0.2, 0.25) is 5.91 Å². The minimum atomic E-state index is -1.06. The molecule has 0 aliphatic heterocycles. The van der Waals surface area contributed by atoms with Crippen molar-refractivity contribution >= 4 is 11.9 Å². The quantitative estimate of drug-likeness (QED) is 0.496.